The number of hydrogen-bond acceptors (Lipinski definition) is 1. The van der Waals surface area contributed by atoms with Crippen molar-refractivity contribution in [2.45, 2.75) is 33.6 Å². The summed E-state index contributed by atoms with van der Waals surface area (Å²) in [5, 5.41) is 0. The van der Waals surface area contributed by atoms with Crippen LogP contribution in [0.4, 0.5) is 13.2 Å². The molecule has 0 bridgehead atoms. The van der Waals surface area contributed by atoms with E-state index in [0.717, 1.165) is 17.5 Å². The molecule has 0 atom stereocenters. The highest BCUT2D eigenvalue weighted by Crippen LogP contribution is 2.25. The summed E-state index contributed by atoms with van der Waals surface area (Å²) >= 11 is 0. The van der Waals surface area contributed by atoms with Gasteiger partial charge in [0.25, 0.3) is 0 Å². The maximum Gasteiger partial charge on any atom is 0.573 e. The first-order chi connectivity index (χ1) is 7.28. The van der Waals surface area contributed by atoms with Gasteiger partial charge in [-0.2, -0.15) is 0 Å². The van der Waals surface area contributed by atoms with Gasteiger partial charge in [0, 0.05) is 0 Å². The molecule has 0 amide bonds. The van der Waals surface area contributed by atoms with Crippen molar-refractivity contribution in [2.24, 2.45) is 5.92 Å². The molecule has 1 aromatic rings. The summed E-state index contributed by atoms with van der Waals surface area (Å²) in [6, 6.07) is 4.47. The molecule has 0 aliphatic rings. The molecule has 90 valence electrons. The first-order valence-electron chi connectivity index (χ1n) is 5.13. The van der Waals surface area contributed by atoms with Crippen LogP contribution in [0.2, 0.25) is 0 Å². The highest BCUT2D eigenvalue weighted by molar-refractivity contribution is 5.35. The summed E-state index contributed by atoms with van der Waals surface area (Å²) in [6.45, 7) is 5.93. The standard InChI is InChI=1S/C12H15F3O/c1-8(2)6-10-4-5-11(7-9(10)3)16-12(13,14)15/h4-5,7-8H,6H2,1-3H3. The van der Waals surface area contributed by atoms with Crippen LogP contribution in [0.5, 0.6) is 5.75 Å². The maximum atomic E-state index is 12.0. The topological polar surface area (TPSA) is 9.23 Å². The third-order valence-electron chi connectivity index (χ3n) is 2.18. The minimum Gasteiger partial charge on any atom is -0.406 e. The molecule has 0 heterocycles. The third kappa shape index (κ3) is 4.13. The SMILES string of the molecule is Cc1cc(OC(F)(F)F)ccc1CC(C)C. The fraction of sp³-hybridized carbons (Fsp3) is 0.500. The second-order valence-electron chi connectivity index (χ2n) is 4.23. The van der Waals surface area contributed by atoms with Gasteiger partial charge in [-0.05, 0) is 42.5 Å². The van der Waals surface area contributed by atoms with Crippen molar-refractivity contribution in [3.63, 3.8) is 0 Å². The lowest BCUT2D eigenvalue weighted by atomic mass is 9.99. The van der Waals surface area contributed by atoms with E-state index in [4.69, 9.17) is 0 Å². The average molecular weight is 232 g/mol. The van der Waals surface area contributed by atoms with Crippen molar-refractivity contribution in [3.05, 3.63) is 29.3 Å². The van der Waals surface area contributed by atoms with Crippen LogP contribution in [0, 0.1) is 12.8 Å². The normalized spacial score (nSPS) is 11.9. The molecule has 4 heteroatoms. The summed E-state index contributed by atoms with van der Waals surface area (Å²) < 4.78 is 39.7. The summed E-state index contributed by atoms with van der Waals surface area (Å²) in [5.41, 5.74) is 1.89. The Kier molecular flexibility index (Phi) is 3.83. The predicted octanol–water partition coefficient (Wildman–Crippen LogP) is 4.09. The highest BCUT2D eigenvalue weighted by Gasteiger charge is 2.31. The van der Waals surface area contributed by atoms with E-state index in [1.54, 1.807) is 13.0 Å². The van der Waals surface area contributed by atoms with Gasteiger partial charge < -0.3 is 4.74 Å². The van der Waals surface area contributed by atoms with Gasteiger partial charge >= 0.3 is 6.36 Å². The van der Waals surface area contributed by atoms with Crippen LogP contribution in [-0.2, 0) is 6.42 Å². The smallest absolute Gasteiger partial charge is 0.406 e. The molecule has 0 fully saturated rings. The molecule has 1 aromatic carbocycles. The van der Waals surface area contributed by atoms with E-state index < -0.39 is 6.36 Å². The molecule has 0 saturated carbocycles. The fourth-order valence-corrected chi connectivity index (χ4v) is 1.53. The Labute approximate surface area is 93.2 Å². The third-order valence-corrected chi connectivity index (χ3v) is 2.18. The minimum atomic E-state index is -4.62. The van der Waals surface area contributed by atoms with Gasteiger partial charge in [0.1, 0.15) is 5.75 Å². The summed E-state index contributed by atoms with van der Waals surface area (Å²) in [4.78, 5) is 0. The number of alkyl halides is 3. The van der Waals surface area contributed by atoms with Crippen molar-refractivity contribution in [3.8, 4) is 5.75 Å². The van der Waals surface area contributed by atoms with Crippen molar-refractivity contribution >= 4 is 0 Å². The minimum absolute atomic E-state index is 0.155. The molecule has 0 radical (unpaired) electrons. The van der Waals surface area contributed by atoms with Gasteiger partial charge in [-0.25, -0.2) is 0 Å². The van der Waals surface area contributed by atoms with Crippen molar-refractivity contribution in [2.75, 3.05) is 0 Å². The van der Waals surface area contributed by atoms with Crippen molar-refractivity contribution < 1.29 is 17.9 Å². The summed E-state index contributed by atoms with van der Waals surface area (Å²) in [5.74, 6) is 0.325. The predicted molar refractivity (Wildman–Crippen MR) is 56.4 cm³/mol. The Morgan fingerprint density at radius 2 is 1.88 bits per heavy atom. The zero-order chi connectivity index (χ0) is 12.3. The van der Waals surface area contributed by atoms with E-state index >= 15 is 0 Å². The monoisotopic (exact) mass is 232 g/mol. The molecule has 0 N–H and O–H groups in total. The van der Waals surface area contributed by atoms with Crippen LogP contribution in [0.1, 0.15) is 25.0 Å². The zero-order valence-electron chi connectivity index (χ0n) is 9.56. The van der Waals surface area contributed by atoms with Crippen LogP contribution in [0.3, 0.4) is 0 Å². The zero-order valence-corrected chi connectivity index (χ0v) is 9.56. The lowest BCUT2D eigenvalue weighted by Crippen LogP contribution is -2.17. The molecule has 0 aliphatic heterocycles. The second kappa shape index (κ2) is 4.76. The second-order valence-corrected chi connectivity index (χ2v) is 4.23. The lowest BCUT2D eigenvalue weighted by molar-refractivity contribution is -0.274. The molecule has 0 spiro atoms. The largest absolute Gasteiger partial charge is 0.573 e. The van der Waals surface area contributed by atoms with Crippen LogP contribution >= 0.6 is 0 Å². The summed E-state index contributed by atoms with van der Waals surface area (Å²) in [7, 11) is 0. The van der Waals surface area contributed by atoms with Crippen LogP contribution in [-0.4, -0.2) is 6.36 Å². The quantitative estimate of drug-likeness (QED) is 0.762. The Balaban J connectivity index is 2.83. The van der Waals surface area contributed by atoms with Crippen molar-refractivity contribution in [1.82, 2.24) is 0 Å². The number of aryl methyl sites for hydroxylation is 1. The first kappa shape index (κ1) is 12.9. The molecule has 1 rings (SSSR count). The molecule has 0 aliphatic carbocycles. The number of benzene rings is 1. The Morgan fingerprint density at radius 3 is 2.31 bits per heavy atom. The Hall–Kier alpha value is -1.19. The number of halogens is 3. The molecule has 0 saturated heterocycles. The van der Waals surface area contributed by atoms with E-state index in [1.165, 1.54) is 12.1 Å². The van der Waals surface area contributed by atoms with Gasteiger partial charge in [-0.15, -0.1) is 13.2 Å². The van der Waals surface area contributed by atoms with E-state index in [1.807, 2.05) is 0 Å². The fourth-order valence-electron chi connectivity index (χ4n) is 1.53. The summed E-state index contributed by atoms with van der Waals surface area (Å²) in [6.07, 6.45) is -3.76. The number of rotatable bonds is 3. The van der Waals surface area contributed by atoms with Crippen molar-refractivity contribution in [1.29, 1.82) is 0 Å². The van der Waals surface area contributed by atoms with Gasteiger partial charge in [0.05, 0.1) is 0 Å². The van der Waals surface area contributed by atoms with E-state index in [-0.39, 0.29) is 5.75 Å². The Bertz CT molecular complexity index is 356. The first-order valence-corrected chi connectivity index (χ1v) is 5.13. The van der Waals surface area contributed by atoms with Crippen LogP contribution < -0.4 is 4.74 Å². The van der Waals surface area contributed by atoms with Gasteiger partial charge in [-0.3, -0.25) is 0 Å². The molecule has 16 heavy (non-hydrogen) atoms. The lowest BCUT2D eigenvalue weighted by Gasteiger charge is -2.12. The number of ether oxygens (including phenoxy) is 1. The highest BCUT2D eigenvalue weighted by atomic mass is 19.4. The van der Waals surface area contributed by atoms with E-state index in [9.17, 15) is 13.2 Å². The van der Waals surface area contributed by atoms with Gasteiger partial charge in [0.2, 0.25) is 0 Å². The van der Waals surface area contributed by atoms with E-state index in [0.29, 0.717) is 5.92 Å². The number of hydrogen-bond donors (Lipinski definition) is 0. The molecule has 1 nitrogen and oxygen atoms in total. The molecular formula is C12H15F3O. The molecule has 0 aromatic heterocycles. The van der Waals surface area contributed by atoms with Gasteiger partial charge in [-0.1, -0.05) is 19.9 Å². The van der Waals surface area contributed by atoms with Crippen LogP contribution in [0.25, 0.3) is 0 Å². The van der Waals surface area contributed by atoms with E-state index in [2.05, 4.69) is 18.6 Å². The van der Waals surface area contributed by atoms with Gasteiger partial charge in [0.15, 0.2) is 0 Å². The average Bonchev–Trinajstić information content (AvgIpc) is 2.06. The molecular weight excluding hydrogens is 217 g/mol. The Morgan fingerprint density at radius 1 is 1.25 bits per heavy atom. The van der Waals surface area contributed by atoms with Crippen LogP contribution in [0.15, 0.2) is 18.2 Å². The maximum absolute atomic E-state index is 12.0. The molecule has 0 unspecified atom stereocenters.